The predicted molar refractivity (Wildman–Crippen MR) is 102 cm³/mol. The van der Waals surface area contributed by atoms with Crippen LogP contribution in [0.4, 0.5) is 0 Å². The van der Waals surface area contributed by atoms with Crippen molar-refractivity contribution in [2.24, 2.45) is 0 Å². The molecular weight excluding hydrogens is 384 g/mol. The summed E-state index contributed by atoms with van der Waals surface area (Å²) in [6, 6.07) is 9.94. The first-order chi connectivity index (χ1) is 13.0. The Labute approximate surface area is 164 Å². The van der Waals surface area contributed by atoms with Gasteiger partial charge >= 0.3 is 0 Å². The third kappa shape index (κ3) is 4.66. The number of likely N-dealkylation sites (N-methyl/N-ethyl adjacent to an activating group) is 1. The van der Waals surface area contributed by atoms with E-state index < -0.39 is 21.5 Å². The van der Waals surface area contributed by atoms with Crippen LogP contribution in [0.1, 0.15) is 31.3 Å². The van der Waals surface area contributed by atoms with Crippen LogP contribution in [0, 0.1) is 0 Å². The minimum Gasteiger partial charge on any atom is -0.486 e. The van der Waals surface area contributed by atoms with Crippen molar-refractivity contribution in [2.75, 3.05) is 20.2 Å². The summed E-state index contributed by atoms with van der Waals surface area (Å²) in [4.78, 5) is 14.0. The average Bonchev–Trinajstić information content (AvgIpc) is 3.10. The Kier molecular flexibility index (Phi) is 5.40. The molecule has 152 valence electrons. The van der Waals surface area contributed by atoms with Crippen LogP contribution in [0.3, 0.4) is 0 Å². The molecule has 0 aliphatic carbocycles. The van der Waals surface area contributed by atoms with E-state index in [9.17, 15) is 13.2 Å². The van der Waals surface area contributed by atoms with E-state index in [1.165, 1.54) is 17.0 Å². The van der Waals surface area contributed by atoms with Crippen molar-refractivity contribution in [3.8, 4) is 11.5 Å². The Bertz CT molecular complexity index is 961. The van der Waals surface area contributed by atoms with E-state index in [2.05, 4.69) is 4.72 Å². The van der Waals surface area contributed by atoms with Crippen LogP contribution in [0.25, 0.3) is 0 Å². The molecule has 8 nitrogen and oxygen atoms in total. The number of para-hydroxylation sites is 2. The molecular formula is C19H24N2O6S. The van der Waals surface area contributed by atoms with E-state index in [1.807, 2.05) is 18.2 Å². The van der Waals surface area contributed by atoms with Crippen LogP contribution >= 0.6 is 0 Å². The first kappa shape index (κ1) is 20.2. The van der Waals surface area contributed by atoms with Gasteiger partial charge in [0.15, 0.2) is 23.4 Å². The zero-order valence-electron chi connectivity index (χ0n) is 16.3. The Morgan fingerprint density at radius 3 is 2.54 bits per heavy atom. The maximum Gasteiger partial charge on any atom is 0.289 e. The van der Waals surface area contributed by atoms with Crippen LogP contribution in [-0.4, -0.2) is 51.1 Å². The molecule has 0 spiro atoms. The minimum absolute atomic E-state index is 0.0612. The first-order valence-electron chi connectivity index (χ1n) is 8.83. The summed E-state index contributed by atoms with van der Waals surface area (Å²) < 4.78 is 43.9. The largest absolute Gasteiger partial charge is 0.486 e. The van der Waals surface area contributed by atoms with Gasteiger partial charge in [-0.3, -0.25) is 4.79 Å². The lowest BCUT2D eigenvalue weighted by Gasteiger charge is -2.29. The van der Waals surface area contributed by atoms with Gasteiger partial charge in [0.1, 0.15) is 6.61 Å². The number of ether oxygens (including phenoxy) is 2. The summed E-state index contributed by atoms with van der Waals surface area (Å²) >= 11 is 0. The zero-order valence-corrected chi connectivity index (χ0v) is 17.1. The van der Waals surface area contributed by atoms with Crippen molar-refractivity contribution in [1.82, 2.24) is 9.62 Å². The zero-order chi connectivity index (χ0) is 20.5. The first-order valence-corrected chi connectivity index (χ1v) is 10.3. The van der Waals surface area contributed by atoms with Gasteiger partial charge in [-0.15, -0.1) is 0 Å². The number of carbonyl (C=O) groups excluding carboxylic acids is 1. The fraction of sp³-hybridized carbons (Fsp3) is 0.421. The molecule has 0 bridgehead atoms. The molecule has 0 radical (unpaired) electrons. The molecule has 1 amide bonds. The second-order valence-electron chi connectivity index (χ2n) is 7.66. The highest BCUT2D eigenvalue weighted by Crippen LogP contribution is 2.31. The van der Waals surface area contributed by atoms with Gasteiger partial charge in [0.25, 0.3) is 15.9 Å². The third-order valence-electron chi connectivity index (χ3n) is 3.89. The van der Waals surface area contributed by atoms with Gasteiger partial charge < -0.3 is 18.8 Å². The van der Waals surface area contributed by atoms with E-state index in [0.29, 0.717) is 18.1 Å². The Morgan fingerprint density at radius 1 is 1.18 bits per heavy atom. The van der Waals surface area contributed by atoms with Crippen LogP contribution < -0.4 is 14.2 Å². The maximum absolute atomic E-state index is 12.6. The Morgan fingerprint density at radius 2 is 1.86 bits per heavy atom. The Balaban J connectivity index is 1.65. The summed E-state index contributed by atoms with van der Waals surface area (Å²) in [5.74, 6) is 0.785. The second-order valence-corrected chi connectivity index (χ2v) is 9.27. The van der Waals surface area contributed by atoms with Crippen molar-refractivity contribution in [2.45, 2.75) is 37.5 Å². The second kappa shape index (κ2) is 7.48. The van der Waals surface area contributed by atoms with Gasteiger partial charge in [0, 0.05) is 12.6 Å². The van der Waals surface area contributed by atoms with Gasteiger partial charge in [-0.05, 0) is 45.0 Å². The molecule has 0 fully saturated rings. The highest BCUT2D eigenvalue weighted by atomic mass is 32.2. The quantitative estimate of drug-likeness (QED) is 0.815. The summed E-state index contributed by atoms with van der Waals surface area (Å²) in [5.41, 5.74) is -0.665. The third-order valence-corrected chi connectivity index (χ3v) is 5.52. The number of furan rings is 1. The van der Waals surface area contributed by atoms with Crippen molar-refractivity contribution < 1.29 is 27.1 Å². The fourth-order valence-electron chi connectivity index (χ4n) is 2.76. The SMILES string of the molecule is CN(CC1COc2ccccc2O1)C(=O)c1ccc(S(=O)(=O)NC(C)(C)C)o1. The number of hydrogen-bond acceptors (Lipinski definition) is 6. The molecule has 2 aromatic rings. The number of rotatable bonds is 5. The van der Waals surface area contributed by atoms with Crippen LogP contribution in [0.5, 0.6) is 11.5 Å². The minimum atomic E-state index is -3.85. The van der Waals surface area contributed by atoms with E-state index in [4.69, 9.17) is 13.9 Å². The van der Waals surface area contributed by atoms with E-state index in [-0.39, 0.29) is 23.5 Å². The van der Waals surface area contributed by atoms with Gasteiger partial charge in [-0.1, -0.05) is 12.1 Å². The molecule has 9 heteroatoms. The van der Waals surface area contributed by atoms with Gasteiger partial charge in [-0.25, -0.2) is 13.1 Å². The molecule has 0 saturated heterocycles. The summed E-state index contributed by atoms with van der Waals surface area (Å²) in [7, 11) is -2.26. The molecule has 3 rings (SSSR count). The number of sulfonamides is 1. The van der Waals surface area contributed by atoms with E-state index in [0.717, 1.165) is 0 Å². The van der Waals surface area contributed by atoms with Crippen molar-refractivity contribution in [3.05, 3.63) is 42.2 Å². The predicted octanol–water partition coefficient (Wildman–Crippen LogP) is 2.27. The van der Waals surface area contributed by atoms with Crippen molar-refractivity contribution in [3.63, 3.8) is 0 Å². The normalized spacial score (nSPS) is 16.6. The van der Waals surface area contributed by atoms with E-state index >= 15 is 0 Å². The van der Waals surface area contributed by atoms with Crippen LogP contribution in [-0.2, 0) is 10.0 Å². The highest BCUT2D eigenvalue weighted by molar-refractivity contribution is 7.89. The topological polar surface area (TPSA) is 98.1 Å². The van der Waals surface area contributed by atoms with Crippen molar-refractivity contribution in [1.29, 1.82) is 0 Å². The lowest BCUT2D eigenvalue weighted by Crippen LogP contribution is -2.41. The number of nitrogens with one attached hydrogen (secondary N) is 1. The lowest BCUT2D eigenvalue weighted by atomic mass is 10.1. The number of hydrogen-bond donors (Lipinski definition) is 1. The van der Waals surface area contributed by atoms with Crippen molar-refractivity contribution >= 4 is 15.9 Å². The molecule has 1 aromatic heterocycles. The molecule has 0 saturated carbocycles. The van der Waals surface area contributed by atoms with Gasteiger partial charge in [-0.2, -0.15) is 0 Å². The lowest BCUT2D eigenvalue weighted by molar-refractivity contribution is 0.0498. The number of benzene rings is 1. The molecule has 2 heterocycles. The van der Waals surface area contributed by atoms with E-state index in [1.54, 1.807) is 33.9 Å². The number of nitrogens with zero attached hydrogens (tertiary/aromatic N) is 1. The smallest absolute Gasteiger partial charge is 0.289 e. The molecule has 1 atom stereocenters. The molecule has 1 aliphatic heterocycles. The molecule has 1 unspecified atom stereocenters. The van der Waals surface area contributed by atoms with Crippen LogP contribution in [0.2, 0.25) is 0 Å². The van der Waals surface area contributed by atoms with Gasteiger partial charge in [0.05, 0.1) is 6.54 Å². The molecule has 1 N–H and O–H groups in total. The van der Waals surface area contributed by atoms with Gasteiger partial charge in [0.2, 0.25) is 5.09 Å². The van der Waals surface area contributed by atoms with Crippen LogP contribution in [0.15, 0.2) is 45.9 Å². The Hall–Kier alpha value is -2.52. The fourth-order valence-corrected chi connectivity index (χ4v) is 4.12. The standard InChI is InChI=1S/C19H24N2O6S/c1-19(2,3)20-28(23,24)17-10-9-16(27-17)18(22)21(4)11-13-12-25-14-7-5-6-8-15(14)26-13/h5-10,13,20H,11-12H2,1-4H3. The number of carbonyl (C=O) groups is 1. The summed E-state index contributed by atoms with van der Waals surface area (Å²) in [6.45, 7) is 5.73. The number of amides is 1. The molecule has 28 heavy (non-hydrogen) atoms. The average molecular weight is 408 g/mol. The molecule has 1 aliphatic rings. The maximum atomic E-state index is 12.6. The summed E-state index contributed by atoms with van der Waals surface area (Å²) in [6.07, 6.45) is -0.343. The molecule has 1 aromatic carbocycles. The monoisotopic (exact) mass is 408 g/mol. The highest BCUT2D eigenvalue weighted by Gasteiger charge is 2.28. The number of fused-ring (bicyclic) bond motifs is 1. The summed E-state index contributed by atoms with van der Waals surface area (Å²) in [5, 5.41) is -0.301.